The maximum atomic E-state index is 14.9. The zero-order valence-corrected chi connectivity index (χ0v) is 28.6. The van der Waals surface area contributed by atoms with Crippen molar-refractivity contribution in [1.82, 2.24) is 19.8 Å². The molecular formula is C34H37ClF2N6O8. The van der Waals surface area contributed by atoms with E-state index in [1.165, 1.54) is 12.4 Å². The Kier molecular flexibility index (Phi) is 9.85. The van der Waals surface area contributed by atoms with Crippen molar-refractivity contribution in [2.75, 3.05) is 75.4 Å². The highest BCUT2D eigenvalue weighted by Gasteiger charge is 2.32. The van der Waals surface area contributed by atoms with Crippen LogP contribution < -0.4 is 40.8 Å². The van der Waals surface area contributed by atoms with E-state index in [-0.39, 0.29) is 59.6 Å². The van der Waals surface area contributed by atoms with E-state index in [4.69, 9.17) is 9.47 Å². The number of halogens is 3. The number of carboxylic acids is 2. The van der Waals surface area contributed by atoms with Crippen molar-refractivity contribution >= 4 is 57.5 Å². The van der Waals surface area contributed by atoms with E-state index < -0.39 is 34.4 Å². The molecule has 51 heavy (non-hydrogen) atoms. The number of aromatic carboxylic acids is 2. The lowest BCUT2D eigenvalue weighted by atomic mass is 10.1. The molecule has 2 aromatic carbocycles. The molecule has 2 aromatic heterocycles. The molecule has 0 unspecified atom stereocenters. The molecule has 0 saturated carbocycles. The van der Waals surface area contributed by atoms with Gasteiger partial charge >= 0.3 is 11.9 Å². The van der Waals surface area contributed by atoms with Gasteiger partial charge in [0.25, 0.3) is 0 Å². The largest absolute Gasteiger partial charge is 0.487 e. The first-order valence-corrected chi connectivity index (χ1v) is 16.4. The van der Waals surface area contributed by atoms with Crippen molar-refractivity contribution < 1.29 is 38.1 Å². The maximum absolute atomic E-state index is 14.9. The highest BCUT2D eigenvalue weighted by atomic mass is 35.5. The first-order valence-electron chi connectivity index (χ1n) is 16.4. The number of hydrogen-bond acceptors (Lipinski definition) is 10. The summed E-state index contributed by atoms with van der Waals surface area (Å²) in [5, 5.41) is 25.1. The number of carboxylic acid groups (broad SMARTS) is 2. The van der Waals surface area contributed by atoms with E-state index in [9.17, 15) is 38.2 Å². The van der Waals surface area contributed by atoms with Crippen LogP contribution in [0.25, 0.3) is 21.8 Å². The second-order valence-corrected chi connectivity index (χ2v) is 12.8. The fourth-order valence-corrected chi connectivity index (χ4v) is 7.09. The summed E-state index contributed by atoms with van der Waals surface area (Å²) < 4.78 is 44.8. The Morgan fingerprint density at radius 1 is 0.706 bits per heavy atom. The molecule has 272 valence electrons. The summed E-state index contributed by atoms with van der Waals surface area (Å²) >= 11 is 0. The van der Waals surface area contributed by atoms with Gasteiger partial charge in [-0.25, -0.2) is 18.4 Å². The number of aromatic nitrogens is 2. The monoisotopic (exact) mass is 730 g/mol. The minimum atomic E-state index is -1.32. The van der Waals surface area contributed by atoms with Crippen molar-refractivity contribution in [3.8, 4) is 11.5 Å². The fourth-order valence-electron chi connectivity index (χ4n) is 7.09. The molecule has 8 rings (SSSR count). The van der Waals surface area contributed by atoms with Crippen molar-refractivity contribution in [2.24, 2.45) is 0 Å². The van der Waals surface area contributed by atoms with Crippen LogP contribution in [0.5, 0.6) is 11.5 Å². The highest BCUT2D eigenvalue weighted by molar-refractivity contribution is 5.98. The number of nitrogens with zero attached hydrogens (tertiary/aromatic N) is 4. The number of hydrogen-bond donors (Lipinski definition) is 4. The molecule has 6 heterocycles. The van der Waals surface area contributed by atoms with E-state index in [1.54, 1.807) is 9.13 Å². The number of nitrogens with one attached hydrogen (secondary N) is 2. The summed E-state index contributed by atoms with van der Waals surface area (Å²) in [6.45, 7) is 9.76. The average Bonchev–Trinajstić information content (AvgIpc) is 3.10. The summed E-state index contributed by atoms with van der Waals surface area (Å²) in [5.41, 5.74) is -0.489. The van der Waals surface area contributed by atoms with Gasteiger partial charge in [0.2, 0.25) is 10.9 Å². The molecule has 0 radical (unpaired) electrons. The molecule has 2 atom stereocenters. The van der Waals surface area contributed by atoms with Crippen LogP contribution in [-0.2, 0) is 0 Å². The van der Waals surface area contributed by atoms with Gasteiger partial charge in [-0.3, -0.25) is 9.59 Å². The Bertz CT molecular complexity index is 2030. The van der Waals surface area contributed by atoms with Crippen LogP contribution in [0.2, 0.25) is 0 Å². The molecule has 0 bridgehead atoms. The Hall–Kier alpha value is -4.93. The maximum Gasteiger partial charge on any atom is 0.341 e. The van der Waals surface area contributed by atoms with Crippen LogP contribution in [-0.4, -0.2) is 96.9 Å². The second-order valence-electron chi connectivity index (χ2n) is 12.8. The minimum absolute atomic E-state index is 0. The third kappa shape index (κ3) is 6.10. The van der Waals surface area contributed by atoms with Gasteiger partial charge in [-0.05, 0) is 26.0 Å². The Morgan fingerprint density at radius 2 is 1.06 bits per heavy atom. The smallest absolute Gasteiger partial charge is 0.341 e. The molecule has 2 fully saturated rings. The number of benzene rings is 2. The molecule has 4 aliphatic rings. The van der Waals surface area contributed by atoms with E-state index in [0.29, 0.717) is 60.1 Å². The average molecular weight is 731 g/mol. The highest BCUT2D eigenvalue weighted by Crippen LogP contribution is 2.43. The predicted molar refractivity (Wildman–Crippen MR) is 188 cm³/mol. The normalized spacial score (nSPS) is 19.4. The summed E-state index contributed by atoms with van der Waals surface area (Å²) in [6.07, 6.45) is 2.67. The molecule has 14 nitrogen and oxygen atoms in total. The molecule has 2 saturated heterocycles. The van der Waals surface area contributed by atoms with Gasteiger partial charge in [0.05, 0.1) is 33.9 Å². The van der Waals surface area contributed by atoms with E-state index in [1.807, 2.05) is 23.6 Å². The molecule has 4 N–H and O–H groups in total. The predicted octanol–water partition coefficient (Wildman–Crippen LogP) is 2.83. The number of rotatable bonds is 4. The first kappa shape index (κ1) is 35.9. The van der Waals surface area contributed by atoms with Gasteiger partial charge in [0.1, 0.15) is 35.7 Å². The molecule has 0 aliphatic carbocycles. The summed E-state index contributed by atoms with van der Waals surface area (Å²) in [7, 11) is 0. The molecular weight excluding hydrogens is 694 g/mol. The molecule has 4 aromatic rings. The lowest BCUT2D eigenvalue weighted by molar-refractivity contribution is 0.0683. The first-order chi connectivity index (χ1) is 24.0. The van der Waals surface area contributed by atoms with Crippen LogP contribution >= 0.6 is 12.4 Å². The summed E-state index contributed by atoms with van der Waals surface area (Å²) in [5.74, 6) is -3.12. The molecule has 0 spiro atoms. The lowest BCUT2D eigenvalue weighted by Crippen LogP contribution is -2.44. The van der Waals surface area contributed by atoms with E-state index >= 15 is 0 Å². The van der Waals surface area contributed by atoms with Gasteiger partial charge in [0.15, 0.2) is 23.1 Å². The lowest BCUT2D eigenvalue weighted by Gasteiger charge is -2.34. The Morgan fingerprint density at radius 3 is 1.39 bits per heavy atom. The van der Waals surface area contributed by atoms with Crippen molar-refractivity contribution in [1.29, 1.82) is 0 Å². The van der Waals surface area contributed by atoms with Crippen molar-refractivity contribution in [3.05, 3.63) is 67.7 Å². The summed E-state index contributed by atoms with van der Waals surface area (Å²) in [6, 6.07) is 1.97. The quantitative estimate of drug-likeness (QED) is 0.243. The van der Waals surface area contributed by atoms with E-state index in [0.717, 1.165) is 38.3 Å². The zero-order valence-electron chi connectivity index (χ0n) is 27.8. The van der Waals surface area contributed by atoms with Crippen LogP contribution in [0.1, 0.15) is 46.6 Å². The van der Waals surface area contributed by atoms with Crippen molar-refractivity contribution in [2.45, 2.75) is 25.9 Å². The topological polar surface area (TPSA) is 168 Å². The number of pyridine rings is 2. The van der Waals surface area contributed by atoms with Gasteiger partial charge in [-0.2, -0.15) is 0 Å². The third-order valence-corrected chi connectivity index (χ3v) is 9.61. The minimum Gasteiger partial charge on any atom is -0.487 e. The van der Waals surface area contributed by atoms with Gasteiger partial charge in [-0.1, -0.05) is 0 Å². The third-order valence-electron chi connectivity index (χ3n) is 9.61. The zero-order chi connectivity index (χ0) is 35.4. The van der Waals surface area contributed by atoms with Crippen LogP contribution in [0, 0.1) is 11.6 Å². The van der Waals surface area contributed by atoms with Gasteiger partial charge in [-0.15, -0.1) is 12.4 Å². The fraction of sp³-hybridized carbons (Fsp3) is 0.412. The standard InChI is InChI=1S/2C17H18FN3O4.ClH/c2*1-9-8-25-16-13-10(15(22)11(17(23)24)7-21(9)13)6-12(18)14(16)20-4-2-19-3-5-20;/h2*6-7,9,19H,2-5,8H2,1H3,(H,23,24);1H/t2*9-;/m00./s1. The van der Waals surface area contributed by atoms with Gasteiger partial charge in [0, 0.05) is 64.8 Å². The van der Waals surface area contributed by atoms with Crippen LogP contribution in [0.4, 0.5) is 20.2 Å². The van der Waals surface area contributed by atoms with Crippen LogP contribution in [0.15, 0.2) is 34.1 Å². The Balaban J connectivity index is 0.000000172. The SMILES string of the molecule is C[C@H]1COc2c(N3CCNCC3)c(F)cc3c(=O)c(C(=O)O)cn1c23.C[C@H]1COc2c(N3CCNCC3)c(F)cc3c(=O)c(C(=O)O)cn1c23.Cl. The Labute approximate surface area is 295 Å². The number of ether oxygens (including phenoxy) is 2. The second kappa shape index (κ2) is 14.0. The summed E-state index contributed by atoms with van der Waals surface area (Å²) in [4.78, 5) is 51.6. The van der Waals surface area contributed by atoms with Crippen LogP contribution in [0.3, 0.4) is 0 Å². The molecule has 17 heteroatoms. The number of anilines is 2. The molecule has 0 amide bonds. The number of piperazine rings is 2. The molecule has 4 aliphatic heterocycles. The number of carbonyl (C=O) groups is 2. The van der Waals surface area contributed by atoms with E-state index in [2.05, 4.69) is 10.6 Å². The van der Waals surface area contributed by atoms with Crippen molar-refractivity contribution in [3.63, 3.8) is 0 Å². The van der Waals surface area contributed by atoms with Gasteiger partial charge < -0.3 is 49.3 Å².